The lowest BCUT2D eigenvalue weighted by Crippen LogP contribution is -2.51. The molecule has 0 saturated heterocycles. The van der Waals surface area contributed by atoms with Crippen LogP contribution in [0.1, 0.15) is 44.1 Å². The molecule has 1 aromatic carbocycles. The van der Waals surface area contributed by atoms with Crippen molar-refractivity contribution in [1.29, 1.82) is 0 Å². The summed E-state index contributed by atoms with van der Waals surface area (Å²) in [5, 5.41) is 2.80. The lowest BCUT2D eigenvalue weighted by molar-refractivity contribution is -0.130. The van der Waals surface area contributed by atoms with Gasteiger partial charge in [-0.3, -0.25) is 4.79 Å². The number of carbonyl (C=O) groups excluding carboxylic acids is 2. The second-order valence-corrected chi connectivity index (χ2v) is 6.93. The molecule has 3 amide bonds. The van der Waals surface area contributed by atoms with Gasteiger partial charge in [-0.2, -0.15) is 0 Å². The van der Waals surface area contributed by atoms with E-state index in [1.165, 1.54) is 10.5 Å². The normalized spacial score (nSPS) is 21.7. The van der Waals surface area contributed by atoms with Crippen molar-refractivity contribution in [1.82, 2.24) is 15.1 Å². The number of benzene rings is 1. The monoisotopic (exact) mass is 331 g/mol. The summed E-state index contributed by atoms with van der Waals surface area (Å²) >= 11 is 0. The summed E-state index contributed by atoms with van der Waals surface area (Å²) in [7, 11) is 5.22. The molecule has 1 saturated carbocycles. The fourth-order valence-electron chi connectivity index (χ4n) is 3.42. The molecule has 5 nitrogen and oxygen atoms in total. The molecular weight excluding hydrogens is 302 g/mol. The van der Waals surface area contributed by atoms with Crippen LogP contribution in [0.3, 0.4) is 0 Å². The maximum atomic E-state index is 12.4. The van der Waals surface area contributed by atoms with Gasteiger partial charge in [0, 0.05) is 27.2 Å². The smallest absolute Gasteiger partial charge is 0.318 e. The Bertz CT molecular complexity index is 551. The second kappa shape index (κ2) is 8.18. The number of rotatable bonds is 4. The highest BCUT2D eigenvalue weighted by molar-refractivity contribution is 5.86. The van der Waals surface area contributed by atoms with E-state index < -0.39 is 6.04 Å². The van der Waals surface area contributed by atoms with Crippen molar-refractivity contribution in [3.63, 3.8) is 0 Å². The van der Waals surface area contributed by atoms with Gasteiger partial charge in [0.1, 0.15) is 6.04 Å². The number of nitrogens with zero attached hydrogens (tertiary/aromatic N) is 2. The first-order valence-corrected chi connectivity index (χ1v) is 8.69. The molecule has 0 spiro atoms. The molecule has 0 aromatic heterocycles. The minimum absolute atomic E-state index is 0.0930. The minimum atomic E-state index is -0.504. The number of amides is 3. The third-order valence-electron chi connectivity index (χ3n) is 4.99. The van der Waals surface area contributed by atoms with Crippen LogP contribution in [0.4, 0.5) is 4.79 Å². The summed E-state index contributed by atoms with van der Waals surface area (Å²) in [4.78, 5) is 27.5. The summed E-state index contributed by atoms with van der Waals surface area (Å²) in [5.74, 6) is 0.498. The minimum Gasteiger partial charge on any atom is -0.347 e. The van der Waals surface area contributed by atoms with Crippen LogP contribution in [0, 0.1) is 0 Å². The fourth-order valence-corrected chi connectivity index (χ4v) is 3.42. The Hall–Kier alpha value is -2.04. The Morgan fingerprint density at radius 1 is 1.04 bits per heavy atom. The fraction of sp³-hybridized carbons (Fsp3) is 0.579. The summed E-state index contributed by atoms with van der Waals surface area (Å²) in [6.07, 6.45) is 4.19. The van der Waals surface area contributed by atoms with E-state index in [9.17, 15) is 9.59 Å². The molecule has 1 atom stereocenters. The van der Waals surface area contributed by atoms with Gasteiger partial charge >= 0.3 is 6.03 Å². The molecule has 1 N–H and O–H groups in total. The molecule has 1 aliphatic carbocycles. The van der Waals surface area contributed by atoms with Gasteiger partial charge in [0.25, 0.3) is 0 Å². The average Bonchev–Trinajstić information content (AvgIpc) is 2.61. The third-order valence-corrected chi connectivity index (χ3v) is 4.99. The highest BCUT2D eigenvalue weighted by Gasteiger charge is 2.28. The highest BCUT2D eigenvalue weighted by Crippen LogP contribution is 2.34. The number of nitrogens with one attached hydrogen (secondary N) is 1. The van der Waals surface area contributed by atoms with Crippen LogP contribution in [0.25, 0.3) is 0 Å². The first-order valence-electron chi connectivity index (χ1n) is 8.69. The van der Waals surface area contributed by atoms with E-state index in [-0.39, 0.29) is 18.0 Å². The van der Waals surface area contributed by atoms with Crippen molar-refractivity contribution in [2.24, 2.45) is 0 Å². The van der Waals surface area contributed by atoms with Crippen LogP contribution in [-0.4, -0.2) is 55.0 Å². The summed E-state index contributed by atoms with van der Waals surface area (Å²) in [6.45, 7) is 1.72. The first-order chi connectivity index (χ1) is 11.4. The van der Waals surface area contributed by atoms with E-state index in [4.69, 9.17) is 0 Å². The highest BCUT2D eigenvalue weighted by atomic mass is 16.2. The standard InChI is InChI=1S/C19H29N3O2/c1-14(18(23)21(2)3)20-19(24)22(4)17-12-10-16(11-13-17)15-8-6-5-7-9-15/h5-9,14,16-17H,10-13H2,1-4H3,(H,20,24)/t14-,16?,17?/m1/s1. The van der Waals surface area contributed by atoms with Crippen LogP contribution in [0.2, 0.25) is 0 Å². The van der Waals surface area contributed by atoms with Gasteiger partial charge in [0.2, 0.25) is 5.91 Å². The van der Waals surface area contributed by atoms with E-state index in [1.54, 1.807) is 25.9 Å². The first kappa shape index (κ1) is 18.3. The van der Waals surface area contributed by atoms with E-state index in [0.29, 0.717) is 5.92 Å². The summed E-state index contributed by atoms with van der Waals surface area (Å²) < 4.78 is 0. The van der Waals surface area contributed by atoms with E-state index in [2.05, 4.69) is 29.6 Å². The van der Waals surface area contributed by atoms with Crippen molar-refractivity contribution >= 4 is 11.9 Å². The van der Waals surface area contributed by atoms with Crippen molar-refractivity contribution in [3.05, 3.63) is 35.9 Å². The SMILES string of the molecule is C[C@@H](NC(=O)N(C)C1CCC(c2ccccc2)CC1)C(=O)N(C)C. The molecule has 132 valence electrons. The largest absolute Gasteiger partial charge is 0.347 e. The zero-order chi connectivity index (χ0) is 17.7. The third kappa shape index (κ3) is 4.49. The van der Waals surface area contributed by atoms with Crippen LogP contribution in [0.15, 0.2) is 30.3 Å². The van der Waals surface area contributed by atoms with Crippen molar-refractivity contribution in [2.75, 3.05) is 21.1 Å². The molecule has 5 heteroatoms. The van der Waals surface area contributed by atoms with Crippen molar-refractivity contribution in [2.45, 2.75) is 50.6 Å². The second-order valence-electron chi connectivity index (χ2n) is 6.93. The lowest BCUT2D eigenvalue weighted by Gasteiger charge is -2.35. The number of urea groups is 1. The molecule has 0 radical (unpaired) electrons. The molecule has 1 fully saturated rings. The van der Waals surface area contributed by atoms with Crippen molar-refractivity contribution in [3.8, 4) is 0 Å². The number of hydrogen-bond acceptors (Lipinski definition) is 2. The maximum absolute atomic E-state index is 12.4. The molecule has 24 heavy (non-hydrogen) atoms. The Labute approximate surface area is 145 Å². The molecule has 1 aromatic rings. The van der Waals surface area contributed by atoms with Gasteiger partial charge in [0.05, 0.1) is 0 Å². The van der Waals surface area contributed by atoms with Gasteiger partial charge in [-0.05, 0) is 44.1 Å². The lowest BCUT2D eigenvalue weighted by atomic mass is 9.81. The van der Waals surface area contributed by atoms with Crippen LogP contribution < -0.4 is 5.32 Å². The molecular formula is C19H29N3O2. The average molecular weight is 331 g/mol. The molecule has 0 heterocycles. The van der Waals surface area contributed by atoms with Gasteiger partial charge in [0.15, 0.2) is 0 Å². The van der Waals surface area contributed by atoms with Crippen LogP contribution >= 0.6 is 0 Å². The molecule has 0 unspecified atom stereocenters. The van der Waals surface area contributed by atoms with Gasteiger partial charge in [-0.15, -0.1) is 0 Å². The van der Waals surface area contributed by atoms with Crippen LogP contribution in [-0.2, 0) is 4.79 Å². The topological polar surface area (TPSA) is 52.7 Å². The predicted molar refractivity (Wildman–Crippen MR) is 95.9 cm³/mol. The van der Waals surface area contributed by atoms with Gasteiger partial charge in [-0.25, -0.2) is 4.79 Å². The molecule has 0 bridgehead atoms. The summed E-state index contributed by atoms with van der Waals surface area (Å²) in [5.41, 5.74) is 1.40. The number of hydrogen-bond donors (Lipinski definition) is 1. The molecule has 1 aliphatic rings. The van der Waals surface area contributed by atoms with Gasteiger partial charge < -0.3 is 15.1 Å². The Kier molecular flexibility index (Phi) is 6.23. The number of likely N-dealkylation sites (N-methyl/N-ethyl adjacent to an activating group) is 1. The quantitative estimate of drug-likeness (QED) is 0.922. The van der Waals surface area contributed by atoms with E-state index in [1.807, 2.05) is 13.1 Å². The Balaban J connectivity index is 1.85. The Morgan fingerprint density at radius 3 is 2.17 bits per heavy atom. The zero-order valence-corrected chi connectivity index (χ0v) is 15.2. The maximum Gasteiger partial charge on any atom is 0.318 e. The van der Waals surface area contributed by atoms with E-state index in [0.717, 1.165) is 25.7 Å². The summed E-state index contributed by atoms with van der Waals surface area (Å²) in [6, 6.07) is 10.2. The zero-order valence-electron chi connectivity index (χ0n) is 15.2. The van der Waals surface area contributed by atoms with E-state index >= 15 is 0 Å². The molecule has 0 aliphatic heterocycles. The Morgan fingerprint density at radius 2 is 1.62 bits per heavy atom. The van der Waals surface area contributed by atoms with Gasteiger partial charge in [-0.1, -0.05) is 30.3 Å². The van der Waals surface area contributed by atoms with Crippen LogP contribution in [0.5, 0.6) is 0 Å². The van der Waals surface area contributed by atoms with Crippen molar-refractivity contribution < 1.29 is 9.59 Å². The number of carbonyl (C=O) groups is 2. The predicted octanol–water partition coefficient (Wildman–Crippen LogP) is 2.83. The molecule has 2 rings (SSSR count).